The highest BCUT2D eigenvalue weighted by Crippen LogP contribution is 2.27. The second-order valence-corrected chi connectivity index (χ2v) is 5.17. The molecule has 0 saturated carbocycles. The van der Waals surface area contributed by atoms with Crippen LogP contribution in [0.2, 0.25) is 0 Å². The van der Waals surface area contributed by atoms with Crippen LogP contribution in [-0.2, 0) is 0 Å². The number of aromatic nitrogens is 2. The summed E-state index contributed by atoms with van der Waals surface area (Å²) in [6.07, 6.45) is 8.50. The van der Waals surface area contributed by atoms with E-state index >= 15 is 0 Å². The van der Waals surface area contributed by atoms with Gasteiger partial charge in [-0.3, -0.25) is 0 Å². The summed E-state index contributed by atoms with van der Waals surface area (Å²) in [5, 5.41) is 1.04. The first-order valence-electron chi connectivity index (χ1n) is 6.18. The van der Waals surface area contributed by atoms with E-state index in [0.717, 1.165) is 30.4 Å². The van der Waals surface area contributed by atoms with Gasteiger partial charge in [-0.25, -0.2) is 9.97 Å². The first-order valence-corrected chi connectivity index (χ1v) is 7.40. The molecule has 2 N–H and O–H groups in total. The average Bonchev–Trinajstić information content (AvgIpc) is 2.84. The van der Waals surface area contributed by atoms with Gasteiger partial charge in [0.05, 0.1) is 0 Å². The maximum Gasteiger partial charge on any atom is 0.133 e. The first kappa shape index (κ1) is 12.6. The largest absolute Gasteiger partial charge is 0.354 e. The van der Waals surface area contributed by atoms with E-state index in [0.29, 0.717) is 6.04 Å². The Balaban J connectivity index is 2.08. The lowest BCUT2D eigenvalue weighted by Gasteiger charge is -2.25. The zero-order valence-electron chi connectivity index (χ0n) is 10.3. The van der Waals surface area contributed by atoms with Crippen LogP contribution in [0.3, 0.4) is 0 Å². The minimum Gasteiger partial charge on any atom is -0.354 e. The van der Waals surface area contributed by atoms with Crippen LogP contribution >= 0.6 is 11.8 Å². The molecule has 1 aliphatic rings. The minimum atomic E-state index is 0.614. The Morgan fingerprint density at radius 3 is 3.18 bits per heavy atom. The number of nitrogens with zero attached hydrogens (tertiary/aromatic N) is 3. The van der Waals surface area contributed by atoms with E-state index in [4.69, 9.17) is 5.73 Å². The van der Waals surface area contributed by atoms with Crippen LogP contribution in [0, 0.1) is 0 Å². The second kappa shape index (κ2) is 6.21. The van der Waals surface area contributed by atoms with Crippen molar-refractivity contribution in [3.05, 3.63) is 12.4 Å². The van der Waals surface area contributed by atoms with E-state index in [-0.39, 0.29) is 0 Å². The maximum absolute atomic E-state index is 5.59. The van der Waals surface area contributed by atoms with Gasteiger partial charge in [0.2, 0.25) is 0 Å². The minimum absolute atomic E-state index is 0.614. The van der Waals surface area contributed by atoms with Crippen LogP contribution in [-0.4, -0.2) is 35.4 Å². The van der Waals surface area contributed by atoms with E-state index in [2.05, 4.69) is 20.9 Å². The molecule has 1 aromatic rings. The predicted octanol–water partition coefficient (Wildman–Crippen LogP) is 1.91. The van der Waals surface area contributed by atoms with Gasteiger partial charge in [0.25, 0.3) is 0 Å². The molecule has 2 heterocycles. The van der Waals surface area contributed by atoms with Crippen molar-refractivity contribution in [2.45, 2.75) is 36.8 Å². The van der Waals surface area contributed by atoms with E-state index in [9.17, 15) is 0 Å². The van der Waals surface area contributed by atoms with Crippen molar-refractivity contribution in [3.63, 3.8) is 0 Å². The molecular weight excluding hydrogens is 232 g/mol. The molecule has 0 radical (unpaired) electrons. The molecule has 1 fully saturated rings. The molecule has 1 unspecified atom stereocenters. The van der Waals surface area contributed by atoms with Crippen molar-refractivity contribution in [1.82, 2.24) is 9.97 Å². The third-order valence-corrected chi connectivity index (χ3v) is 3.89. The van der Waals surface area contributed by atoms with Gasteiger partial charge in [0.1, 0.15) is 17.2 Å². The van der Waals surface area contributed by atoms with E-state index in [1.807, 2.05) is 6.26 Å². The van der Waals surface area contributed by atoms with Gasteiger partial charge in [0.15, 0.2) is 0 Å². The Hall–Kier alpha value is -0.810. The highest BCUT2D eigenvalue weighted by atomic mass is 32.2. The predicted molar refractivity (Wildman–Crippen MR) is 72.5 cm³/mol. The second-order valence-electron chi connectivity index (χ2n) is 4.34. The number of rotatable bonds is 5. The SMILES string of the molecule is CSc1cc(N2CCCC2CCCN)ncn1. The summed E-state index contributed by atoms with van der Waals surface area (Å²) in [4.78, 5) is 11.0. The first-order chi connectivity index (χ1) is 8.35. The summed E-state index contributed by atoms with van der Waals surface area (Å²) in [7, 11) is 0. The smallest absolute Gasteiger partial charge is 0.133 e. The van der Waals surface area contributed by atoms with Gasteiger partial charge >= 0.3 is 0 Å². The van der Waals surface area contributed by atoms with Crippen molar-refractivity contribution in [2.75, 3.05) is 24.2 Å². The summed E-state index contributed by atoms with van der Waals surface area (Å²) in [6, 6.07) is 2.70. The van der Waals surface area contributed by atoms with Crippen molar-refractivity contribution in [3.8, 4) is 0 Å². The summed E-state index contributed by atoms with van der Waals surface area (Å²) < 4.78 is 0. The van der Waals surface area contributed by atoms with Crippen LogP contribution in [0.4, 0.5) is 5.82 Å². The molecule has 94 valence electrons. The van der Waals surface area contributed by atoms with Crippen LogP contribution in [0.15, 0.2) is 17.4 Å². The van der Waals surface area contributed by atoms with Crippen LogP contribution < -0.4 is 10.6 Å². The average molecular weight is 252 g/mol. The Labute approximate surface area is 107 Å². The van der Waals surface area contributed by atoms with Gasteiger partial charge in [-0.2, -0.15) is 0 Å². The fourth-order valence-electron chi connectivity index (χ4n) is 2.39. The Morgan fingerprint density at radius 2 is 2.41 bits per heavy atom. The fraction of sp³-hybridized carbons (Fsp3) is 0.667. The molecule has 2 rings (SSSR count). The highest BCUT2D eigenvalue weighted by Gasteiger charge is 2.25. The molecule has 1 atom stereocenters. The molecule has 1 aliphatic heterocycles. The Bertz CT molecular complexity index is 358. The molecule has 17 heavy (non-hydrogen) atoms. The van der Waals surface area contributed by atoms with Crippen LogP contribution in [0.25, 0.3) is 0 Å². The van der Waals surface area contributed by atoms with Crippen molar-refractivity contribution in [2.24, 2.45) is 5.73 Å². The third-order valence-electron chi connectivity index (χ3n) is 3.25. The maximum atomic E-state index is 5.59. The van der Waals surface area contributed by atoms with Crippen molar-refractivity contribution < 1.29 is 0 Å². The Morgan fingerprint density at radius 1 is 1.53 bits per heavy atom. The standard InChI is InChI=1S/C12H20N4S/c1-17-12-8-11(14-9-15-12)16-7-3-5-10(16)4-2-6-13/h8-10H,2-7,13H2,1H3. The lowest BCUT2D eigenvalue weighted by molar-refractivity contribution is 0.581. The lowest BCUT2D eigenvalue weighted by atomic mass is 10.1. The van der Waals surface area contributed by atoms with Gasteiger partial charge < -0.3 is 10.6 Å². The Kier molecular flexibility index (Phi) is 4.62. The monoisotopic (exact) mass is 252 g/mol. The highest BCUT2D eigenvalue weighted by molar-refractivity contribution is 7.98. The van der Waals surface area contributed by atoms with E-state index < -0.39 is 0 Å². The van der Waals surface area contributed by atoms with Crippen LogP contribution in [0.1, 0.15) is 25.7 Å². The van der Waals surface area contributed by atoms with Gasteiger partial charge in [0, 0.05) is 18.7 Å². The number of nitrogens with two attached hydrogens (primary N) is 1. The number of hydrogen-bond donors (Lipinski definition) is 1. The molecule has 0 amide bonds. The normalized spacial score (nSPS) is 19.9. The molecule has 5 heteroatoms. The van der Waals surface area contributed by atoms with E-state index in [1.54, 1.807) is 18.1 Å². The van der Waals surface area contributed by atoms with Gasteiger partial charge in [-0.1, -0.05) is 0 Å². The van der Waals surface area contributed by atoms with Gasteiger partial charge in [-0.15, -0.1) is 11.8 Å². The van der Waals surface area contributed by atoms with Crippen molar-refractivity contribution in [1.29, 1.82) is 0 Å². The number of thioether (sulfide) groups is 1. The van der Waals surface area contributed by atoms with Crippen LogP contribution in [0.5, 0.6) is 0 Å². The summed E-state index contributed by atoms with van der Waals surface area (Å²) >= 11 is 1.66. The molecule has 4 nitrogen and oxygen atoms in total. The quantitative estimate of drug-likeness (QED) is 0.641. The molecule has 1 saturated heterocycles. The zero-order chi connectivity index (χ0) is 12.1. The fourth-order valence-corrected chi connectivity index (χ4v) is 2.77. The molecule has 0 bridgehead atoms. The van der Waals surface area contributed by atoms with E-state index in [1.165, 1.54) is 19.3 Å². The lowest BCUT2D eigenvalue weighted by Crippen LogP contribution is -2.30. The molecule has 0 spiro atoms. The third kappa shape index (κ3) is 3.10. The summed E-state index contributed by atoms with van der Waals surface area (Å²) in [5.41, 5.74) is 5.59. The summed E-state index contributed by atoms with van der Waals surface area (Å²) in [5.74, 6) is 1.07. The molecule has 0 aromatic carbocycles. The molecular formula is C12H20N4S. The topological polar surface area (TPSA) is 55.0 Å². The molecule has 1 aromatic heterocycles. The summed E-state index contributed by atoms with van der Waals surface area (Å²) in [6.45, 7) is 1.89. The zero-order valence-corrected chi connectivity index (χ0v) is 11.1. The van der Waals surface area contributed by atoms with Gasteiger partial charge in [-0.05, 0) is 38.5 Å². The van der Waals surface area contributed by atoms with Crippen molar-refractivity contribution >= 4 is 17.6 Å². The number of anilines is 1. The molecule has 0 aliphatic carbocycles. The number of hydrogen-bond acceptors (Lipinski definition) is 5.